The van der Waals surface area contributed by atoms with Crippen molar-refractivity contribution in [1.82, 2.24) is 5.32 Å². The van der Waals surface area contributed by atoms with Crippen molar-refractivity contribution in [1.29, 1.82) is 0 Å². The van der Waals surface area contributed by atoms with Crippen molar-refractivity contribution in [3.05, 3.63) is 0 Å². The van der Waals surface area contributed by atoms with E-state index < -0.39 is 0 Å². The van der Waals surface area contributed by atoms with E-state index in [1.807, 2.05) is 6.92 Å². The summed E-state index contributed by atoms with van der Waals surface area (Å²) in [4.78, 5) is 0. The summed E-state index contributed by atoms with van der Waals surface area (Å²) in [6, 6.07) is 0.625. The van der Waals surface area contributed by atoms with Gasteiger partial charge < -0.3 is 14.8 Å². The van der Waals surface area contributed by atoms with Gasteiger partial charge in [-0.25, -0.2) is 0 Å². The van der Waals surface area contributed by atoms with Crippen LogP contribution in [-0.2, 0) is 9.47 Å². The lowest BCUT2D eigenvalue weighted by molar-refractivity contribution is -0.0779. The quantitative estimate of drug-likeness (QED) is 0.680. The van der Waals surface area contributed by atoms with E-state index in [2.05, 4.69) is 19.2 Å². The molecule has 1 aliphatic rings. The van der Waals surface area contributed by atoms with E-state index in [-0.39, 0.29) is 5.60 Å². The third-order valence-electron chi connectivity index (χ3n) is 3.45. The molecule has 3 heteroatoms. The molecule has 1 saturated heterocycles. The van der Waals surface area contributed by atoms with Gasteiger partial charge in [-0.15, -0.1) is 0 Å². The van der Waals surface area contributed by atoms with Gasteiger partial charge in [0.1, 0.15) is 0 Å². The molecule has 0 amide bonds. The summed E-state index contributed by atoms with van der Waals surface area (Å²) in [5.74, 6) is 0. The molecule has 3 nitrogen and oxygen atoms in total. The molecule has 96 valence electrons. The molecular weight excluding hydrogens is 202 g/mol. The summed E-state index contributed by atoms with van der Waals surface area (Å²) in [6.45, 7) is 10.1. The molecule has 0 aliphatic carbocycles. The molecule has 1 rings (SSSR count). The molecule has 0 radical (unpaired) electrons. The van der Waals surface area contributed by atoms with Gasteiger partial charge in [-0.1, -0.05) is 6.92 Å². The normalized spacial score (nSPS) is 30.6. The van der Waals surface area contributed by atoms with Crippen LogP contribution in [0.3, 0.4) is 0 Å². The highest BCUT2D eigenvalue weighted by molar-refractivity contribution is 4.85. The molecule has 1 N–H and O–H groups in total. The van der Waals surface area contributed by atoms with Crippen molar-refractivity contribution in [3.8, 4) is 0 Å². The van der Waals surface area contributed by atoms with Gasteiger partial charge in [0, 0.05) is 25.9 Å². The molecule has 2 unspecified atom stereocenters. The van der Waals surface area contributed by atoms with Crippen molar-refractivity contribution in [2.45, 2.75) is 58.1 Å². The predicted octanol–water partition coefficient (Wildman–Crippen LogP) is 2.35. The predicted molar refractivity (Wildman–Crippen MR) is 66.8 cm³/mol. The van der Waals surface area contributed by atoms with Crippen LogP contribution in [0.5, 0.6) is 0 Å². The van der Waals surface area contributed by atoms with Gasteiger partial charge in [0.05, 0.1) is 5.60 Å². The third-order valence-corrected chi connectivity index (χ3v) is 3.45. The Morgan fingerprint density at radius 1 is 1.44 bits per heavy atom. The fraction of sp³-hybridized carbons (Fsp3) is 1.00. The Hall–Kier alpha value is -0.120. The summed E-state index contributed by atoms with van der Waals surface area (Å²) in [6.07, 6.45) is 4.49. The number of nitrogens with one attached hydrogen (secondary N) is 1. The van der Waals surface area contributed by atoms with Gasteiger partial charge in [0.2, 0.25) is 0 Å². The minimum Gasteiger partial charge on any atom is -0.382 e. The minimum absolute atomic E-state index is 0.0931. The molecule has 1 fully saturated rings. The monoisotopic (exact) mass is 229 g/mol. The number of ether oxygens (including phenoxy) is 2. The first-order valence-electron chi connectivity index (χ1n) is 6.65. The summed E-state index contributed by atoms with van der Waals surface area (Å²) in [5.41, 5.74) is 0.0931. The maximum atomic E-state index is 5.83. The molecule has 0 spiro atoms. The Labute approximate surface area is 99.9 Å². The van der Waals surface area contributed by atoms with Crippen molar-refractivity contribution in [3.63, 3.8) is 0 Å². The van der Waals surface area contributed by atoms with Crippen molar-refractivity contribution < 1.29 is 9.47 Å². The first kappa shape index (κ1) is 13.9. The van der Waals surface area contributed by atoms with E-state index in [9.17, 15) is 0 Å². The standard InChI is InChI=1S/C13H27NO2/c1-4-13(3)11-12(7-10-16-13)14-8-6-9-15-5-2/h12,14H,4-11H2,1-3H3. The van der Waals surface area contributed by atoms with Gasteiger partial charge in [-0.3, -0.25) is 0 Å². The van der Waals surface area contributed by atoms with Crippen LogP contribution in [0, 0.1) is 0 Å². The molecule has 16 heavy (non-hydrogen) atoms. The van der Waals surface area contributed by atoms with E-state index in [0.717, 1.165) is 52.0 Å². The van der Waals surface area contributed by atoms with Crippen LogP contribution in [0.15, 0.2) is 0 Å². The van der Waals surface area contributed by atoms with Gasteiger partial charge in [-0.05, 0) is 46.1 Å². The number of hydrogen-bond acceptors (Lipinski definition) is 3. The second kappa shape index (κ2) is 7.25. The second-order valence-corrected chi connectivity index (χ2v) is 4.85. The fourth-order valence-corrected chi connectivity index (χ4v) is 2.18. The smallest absolute Gasteiger partial charge is 0.0666 e. The van der Waals surface area contributed by atoms with E-state index in [1.54, 1.807) is 0 Å². The first-order chi connectivity index (χ1) is 7.70. The van der Waals surface area contributed by atoms with Gasteiger partial charge in [0.15, 0.2) is 0 Å². The van der Waals surface area contributed by atoms with Crippen LogP contribution in [-0.4, -0.2) is 38.0 Å². The van der Waals surface area contributed by atoms with Crippen molar-refractivity contribution >= 4 is 0 Å². The zero-order valence-electron chi connectivity index (χ0n) is 11.1. The van der Waals surface area contributed by atoms with E-state index in [1.165, 1.54) is 0 Å². The summed E-state index contributed by atoms with van der Waals surface area (Å²) < 4.78 is 11.1. The van der Waals surface area contributed by atoms with Gasteiger partial charge >= 0.3 is 0 Å². The average Bonchev–Trinajstić information content (AvgIpc) is 2.29. The van der Waals surface area contributed by atoms with Crippen LogP contribution in [0.4, 0.5) is 0 Å². The maximum absolute atomic E-state index is 5.83. The minimum atomic E-state index is 0.0931. The Balaban J connectivity index is 2.12. The Morgan fingerprint density at radius 3 is 2.94 bits per heavy atom. The number of hydrogen-bond donors (Lipinski definition) is 1. The second-order valence-electron chi connectivity index (χ2n) is 4.85. The average molecular weight is 229 g/mol. The van der Waals surface area contributed by atoms with E-state index >= 15 is 0 Å². The zero-order valence-corrected chi connectivity index (χ0v) is 11.1. The lowest BCUT2D eigenvalue weighted by Crippen LogP contribution is -2.45. The Morgan fingerprint density at radius 2 is 2.25 bits per heavy atom. The van der Waals surface area contributed by atoms with E-state index in [4.69, 9.17) is 9.47 Å². The molecule has 0 aromatic rings. The largest absolute Gasteiger partial charge is 0.382 e. The van der Waals surface area contributed by atoms with E-state index in [0.29, 0.717) is 6.04 Å². The molecule has 1 heterocycles. The molecule has 0 aromatic heterocycles. The fourth-order valence-electron chi connectivity index (χ4n) is 2.18. The molecule has 0 saturated carbocycles. The molecule has 0 bridgehead atoms. The summed E-state index contributed by atoms with van der Waals surface area (Å²) in [7, 11) is 0. The molecule has 2 atom stereocenters. The van der Waals surface area contributed by atoms with Crippen LogP contribution in [0.1, 0.15) is 46.5 Å². The Bertz CT molecular complexity index is 187. The highest BCUT2D eigenvalue weighted by Crippen LogP contribution is 2.27. The van der Waals surface area contributed by atoms with Crippen LogP contribution < -0.4 is 5.32 Å². The third kappa shape index (κ3) is 4.81. The van der Waals surface area contributed by atoms with Gasteiger partial charge in [-0.2, -0.15) is 0 Å². The SMILES string of the molecule is CCOCCCNC1CCOC(C)(CC)C1. The van der Waals surface area contributed by atoms with Crippen molar-refractivity contribution in [2.24, 2.45) is 0 Å². The first-order valence-corrected chi connectivity index (χ1v) is 6.65. The van der Waals surface area contributed by atoms with Gasteiger partial charge in [0.25, 0.3) is 0 Å². The van der Waals surface area contributed by atoms with Crippen LogP contribution >= 0.6 is 0 Å². The lowest BCUT2D eigenvalue weighted by atomic mass is 9.90. The van der Waals surface area contributed by atoms with Crippen LogP contribution in [0.2, 0.25) is 0 Å². The highest BCUT2D eigenvalue weighted by atomic mass is 16.5. The Kier molecular flexibility index (Phi) is 6.32. The number of rotatable bonds is 7. The zero-order chi connectivity index (χ0) is 11.9. The highest BCUT2D eigenvalue weighted by Gasteiger charge is 2.30. The van der Waals surface area contributed by atoms with Crippen LogP contribution in [0.25, 0.3) is 0 Å². The molecular formula is C13H27NO2. The lowest BCUT2D eigenvalue weighted by Gasteiger charge is -2.38. The topological polar surface area (TPSA) is 30.5 Å². The van der Waals surface area contributed by atoms with Crippen molar-refractivity contribution in [2.75, 3.05) is 26.4 Å². The maximum Gasteiger partial charge on any atom is 0.0666 e. The summed E-state index contributed by atoms with van der Waals surface area (Å²) >= 11 is 0. The summed E-state index contributed by atoms with van der Waals surface area (Å²) in [5, 5.41) is 3.61. The molecule has 0 aromatic carbocycles. The molecule has 1 aliphatic heterocycles.